The van der Waals surface area contributed by atoms with Crippen LogP contribution in [-0.2, 0) is 4.79 Å². The number of nitrogens with zero attached hydrogens (tertiary/aromatic N) is 1. The van der Waals surface area contributed by atoms with E-state index in [0.717, 1.165) is 12.8 Å². The summed E-state index contributed by atoms with van der Waals surface area (Å²) in [6.07, 6.45) is 2.30. The molecule has 7 nitrogen and oxygen atoms in total. The van der Waals surface area contributed by atoms with Crippen molar-refractivity contribution in [1.29, 1.82) is 0 Å². The molecule has 0 aromatic carbocycles. The second-order valence-corrected chi connectivity index (χ2v) is 5.91. The van der Waals surface area contributed by atoms with Crippen LogP contribution >= 0.6 is 0 Å². The summed E-state index contributed by atoms with van der Waals surface area (Å²) < 4.78 is 5.27. The van der Waals surface area contributed by atoms with E-state index < -0.39 is 5.91 Å². The van der Waals surface area contributed by atoms with Gasteiger partial charge in [-0.15, -0.1) is 0 Å². The third-order valence-corrected chi connectivity index (χ3v) is 4.30. The lowest BCUT2D eigenvalue weighted by Crippen LogP contribution is -2.42. The van der Waals surface area contributed by atoms with E-state index >= 15 is 0 Å². The number of nitrogens with one attached hydrogen (secondary N) is 2. The van der Waals surface area contributed by atoms with Gasteiger partial charge in [0.2, 0.25) is 5.91 Å². The van der Waals surface area contributed by atoms with Gasteiger partial charge in [-0.25, -0.2) is 0 Å². The van der Waals surface area contributed by atoms with Gasteiger partial charge in [0.1, 0.15) is 5.76 Å². The van der Waals surface area contributed by atoms with Crippen molar-refractivity contribution < 1.29 is 14.0 Å². The van der Waals surface area contributed by atoms with Crippen LogP contribution in [-0.4, -0.2) is 49.4 Å². The lowest BCUT2D eigenvalue weighted by atomic mass is 10.1. The summed E-state index contributed by atoms with van der Waals surface area (Å²) in [5.74, 6) is 0.0610. The van der Waals surface area contributed by atoms with Crippen LogP contribution in [0.25, 0.3) is 0 Å². The molecule has 0 aliphatic carbocycles. The highest BCUT2D eigenvalue weighted by atomic mass is 16.3. The fraction of sp³-hybridized carbons (Fsp3) is 0.562. The number of amides is 2. The SMILES string of the molecule is CNC(=O)C[C@H]1CC[C@@H](CNC(=O)c2cc(=O)cc(C)o2)N1C. The summed E-state index contributed by atoms with van der Waals surface area (Å²) in [5.41, 5.74) is -0.248. The van der Waals surface area contributed by atoms with Crippen LogP contribution in [0.2, 0.25) is 0 Å². The molecule has 0 spiro atoms. The van der Waals surface area contributed by atoms with Gasteiger partial charge in [0, 0.05) is 44.2 Å². The molecule has 1 aliphatic heterocycles. The van der Waals surface area contributed by atoms with Crippen LogP contribution in [0.15, 0.2) is 21.3 Å². The summed E-state index contributed by atoms with van der Waals surface area (Å²) >= 11 is 0. The van der Waals surface area contributed by atoms with Gasteiger partial charge in [-0.2, -0.15) is 0 Å². The fourth-order valence-electron chi connectivity index (χ4n) is 2.91. The molecule has 1 aromatic heterocycles. The van der Waals surface area contributed by atoms with Crippen molar-refractivity contribution in [2.75, 3.05) is 20.6 Å². The predicted molar refractivity (Wildman–Crippen MR) is 85.3 cm³/mol. The van der Waals surface area contributed by atoms with Crippen molar-refractivity contribution in [1.82, 2.24) is 15.5 Å². The molecular weight excluding hydrogens is 298 g/mol. The second-order valence-electron chi connectivity index (χ2n) is 5.91. The Morgan fingerprint density at radius 2 is 2.00 bits per heavy atom. The van der Waals surface area contributed by atoms with E-state index in [4.69, 9.17) is 4.42 Å². The van der Waals surface area contributed by atoms with Gasteiger partial charge < -0.3 is 15.1 Å². The quantitative estimate of drug-likeness (QED) is 0.812. The van der Waals surface area contributed by atoms with Crippen LogP contribution in [0.1, 0.15) is 35.6 Å². The zero-order valence-corrected chi connectivity index (χ0v) is 13.7. The van der Waals surface area contributed by atoms with E-state index in [0.29, 0.717) is 18.7 Å². The normalized spacial score (nSPS) is 21.2. The largest absolute Gasteiger partial charge is 0.456 e. The number of hydrogen-bond acceptors (Lipinski definition) is 5. The Bertz CT molecular complexity index is 640. The summed E-state index contributed by atoms with van der Waals surface area (Å²) in [4.78, 5) is 37.1. The van der Waals surface area contributed by atoms with Crippen LogP contribution < -0.4 is 16.1 Å². The van der Waals surface area contributed by atoms with Gasteiger partial charge >= 0.3 is 0 Å². The molecule has 0 radical (unpaired) electrons. The minimum Gasteiger partial charge on any atom is -0.456 e. The van der Waals surface area contributed by atoms with Crippen molar-refractivity contribution in [3.05, 3.63) is 33.9 Å². The predicted octanol–water partition coefficient (Wildman–Crippen LogP) is 0.277. The molecule has 2 heterocycles. The Balaban J connectivity index is 1.89. The summed E-state index contributed by atoms with van der Waals surface area (Å²) in [5, 5.41) is 5.43. The fourth-order valence-corrected chi connectivity index (χ4v) is 2.91. The Hall–Kier alpha value is -2.15. The average Bonchev–Trinajstić information content (AvgIpc) is 2.84. The average molecular weight is 321 g/mol. The van der Waals surface area contributed by atoms with E-state index in [-0.39, 0.29) is 29.2 Å². The second kappa shape index (κ2) is 7.41. The summed E-state index contributed by atoms with van der Waals surface area (Å²) in [6.45, 7) is 2.09. The minimum atomic E-state index is -0.394. The Kier molecular flexibility index (Phi) is 5.54. The number of likely N-dealkylation sites (N-methyl/N-ethyl adjacent to an activating group) is 1. The molecule has 126 valence electrons. The first kappa shape index (κ1) is 17.2. The monoisotopic (exact) mass is 321 g/mol. The van der Waals surface area contributed by atoms with E-state index in [2.05, 4.69) is 15.5 Å². The van der Waals surface area contributed by atoms with Gasteiger partial charge in [0.25, 0.3) is 5.91 Å². The zero-order valence-electron chi connectivity index (χ0n) is 13.7. The standard InChI is InChI=1S/C16H23N3O4/c1-10-6-13(20)8-14(23-10)16(22)18-9-12-5-4-11(19(12)3)7-15(21)17-2/h6,8,11-12H,4-5,7,9H2,1-3H3,(H,17,21)(H,18,22)/t11-,12+/m1/s1. The van der Waals surface area contributed by atoms with Gasteiger partial charge in [-0.05, 0) is 26.8 Å². The zero-order chi connectivity index (χ0) is 17.0. The highest BCUT2D eigenvalue weighted by molar-refractivity contribution is 5.91. The lowest BCUT2D eigenvalue weighted by molar-refractivity contribution is -0.121. The summed E-state index contributed by atoms with van der Waals surface area (Å²) in [7, 11) is 3.59. The van der Waals surface area contributed by atoms with Gasteiger partial charge in [-0.3, -0.25) is 19.3 Å². The third kappa shape index (κ3) is 4.41. The number of likely N-dealkylation sites (tertiary alicyclic amines) is 1. The van der Waals surface area contributed by atoms with E-state index in [1.54, 1.807) is 14.0 Å². The first-order valence-electron chi connectivity index (χ1n) is 7.73. The third-order valence-electron chi connectivity index (χ3n) is 4.30. The topological polar surface area (TPSA) is 91.7 Å². The van der Waals surface area contributed by atoms with Crippen LogP contribution in [0.5, 0.6) is 0 Å². The van der Waals surface area contributed by atoms with Gasteiger partial charge in [-0.1, -0.05) is 0 Å². The summed E-state index contributed by atoms with van der Waals surface area (Å²) in [6, 6.07) is 2.89. The number of carbonyl (C=O) groups is 2. The van der Waals surface area contributed by atoms with Crippen molar-refractivity contribution in [3.8, 4) is 0 Å². The maximum absolute atomic E-state index is 12.1. The first-order chi connectivity index (χ1) is 10.9. The highest BCUT2D eigenvalue weighted by Crippen LogP contribution is 2.24. The molecule has 1 fully saturated rings. The molecule has 23 heavy (non-hydrogen) atoms. The Labute approximate surface area is 135 Å². The number of hydrogen-bond donors (Lipinski definition) is 2. The maximum Gasteiger partial charge on any atom is 0.287 e. The van der Waals surface area contributed by atoms with Crippen LogP contribution in [0, 0.1) is 6.92 Å². The molecule has 7 heteroatoms. The molecule has 1 saturated heterocycles. The van der Waals surface area contributed by atoms with Crippen molar-refractivity contribution in [3.63, 3.8) is 0 Å². The number of carbonyl (C=O) groups excluding carboxylic acids is 2. The van der Waals surface area contributed by atoms with Gasteiger partial charge in [0.05, 0.1) is 0 Å². The van der Waals surface area contributed by atoms with E-state index in [1.807, 2.05) is 7.05 Å². The molecule has 2 amide bonds. The van der Waals surface area contributed by atoms with Crippen LogP contribution in [0.4, 0.5) is 0 Å². The molecule has 0 unspecified atom stereocenters. The first-order valence-corrected chi connectivity index (χ1v) is 7.73. The molecule has 2 atom stereocenters. The minimum absolute atomic E-state index is 0.0214. The van der Waals surface area contributed by atoms with E-state index in [1.165, 1.54) is 12.1 Å². The van der Waals surface area contributed by atoms with Crippen LogP contribution in [0.3, 0.4) is 0 Å². The molecule has 0 saturated carbocycles. The van der Waals surface area contributed by atoms with Gasteiger partial charge in [0.15, 0.2) is 11.2 Å². The molecule has 2 N–H and O–H groups in total. The van der Waals surface area contributed by atoms with Crippen molar-refractivity contribution >= 4 is 11.8 Å². The smallest absolute Gasteiger partial charge is 0.287 e. The van der Waals surface area contributed by atoms with Crippen molar-refractivity contribution in [2.24, 2.45) is 0 Å². The van der Waals surface area contributed by atoms with E-state index in [9.17, 15) is 14.4 Å². The number of rotatable bonds is 5. The maximum atomic E-state index is 12.1. The molecular formula is C16H23N3O4. The molecule has 0 bridgehead atoms. The molecule has 1 aliphatic rings. The highest BCUT2D eigenvalue weighted by Gasteiger charge is 2.31. The molecule has 2 rings (SSSR count). The van der Waals surface area contributed by atoms with Crippen molar-refractivity contribution in [2.45, 2.75) is 38.3 Å². The lowest BCUT2D eigenvalue weighted by Gasteiger charge is -2.25. The Morgan fingerprint density at radius 3 is 2.65 bits per heavy atom. The number of aryl methyl sites for hydroxylation is 1. The Morgan fingerprint density at radius 1 is 1.30 bits per heavy atom. The molecule has 1 aromatic rings.